The van der Waals surface area contributed by atoms with Gasteiger partial charge in [0.25, 0.3) is 12.0 Å². The lowest BCUT2D eigenvalue weighted by molar-refractivity contribution is 0.0215. The zero-order valence-corrected chi connectivity index (χ0v) is 19.3. The van der Waals surface area contributed by atoms with Gasteiger partial charge in [-0.15, -0.1) is 0 Å². The van der Waals surface area contributed by atoms with E-state index in [0.717, 1.165) is 22.8 Å². The number of rotatable bonds is 3. The van der Waals surface area contributed by atoms with Crippen LogP contribution < -0.4 is 11.3 Å². The van der Waals surface area contributed by atoms with E-state index in [9.17, 15) is 27.2 Å². The van der Waals surface area contributed by atoms with E-state index in [2.05, 4.69) is 4.98 Å². The van der Waals surface area contributed by atoms with Crippen LogP contribution in [0.4, 0.5) is 22.4 Å². The fourth-order valence-electron chi connectivity index (χ4n) is 4.17. The Morgan fingerprint density at radius 1 is 1.20 bits per heavy atom. The van der Waals surface area contributed by atoms with Gasteiger partial charge in [0.05, 0.1) is 17.2 Å². The van der Waals surface area contributed by atoms with Crippen LogP contribution in [0.15, 0.2) is 41.2 Å². The SMILES string of the molecule is CC(C)(C)OC(=O)N1CC(N)CC1c1nc2cccc(F)c2c(=O)n1-c1cc(F)cc(C(F)F)c1. The zero-order chi connectivity index (χ0) is 25.7. The highest BCUT2D eigenvalue weighted by molar-refractivity contribution is 5.79. The van der Waals surface area contributed by atoms with Crippen LogP contribution in [-0.4, -0.2) is 38.7 Å². The largest absolute Gasteiger partial charge is 0.444 e. The topological polar surface area (TPSA) is 90.5 Å². The number of likely N-dealkylation sites (tertiary alicyclic amines) is 1. The number of hydrogen-bond donors (Lipinski definition) is 1. The molecule has 0 radical (unpaired) electrons. The van der Waals surface area contributed by atoms with Gasteiger partial charge in [0.2, 0.25) is 0 Å². The second-order valence-electron chi connectivity index (χ2n) is 9.43. The first-order chi connectivity index (χ1) is 16.4. The van der Waals surface area contributed by atoms with E-state index in [0.29, 0.717) is 6.07 Å². The number of benzene rings is 2. The summed E-state index contributed by atoms with van der Waals surface area (Å²) in [5.74, 6) is -1.97. The van der Waals surface area contributed by atoms with Gasteiger partial charge < -0.3 is 10.5 Å². The summed E-state index contributed by atoms with van der Waals surface area (Å²) in [5, 5.41) is -0.398. The number of nitrogens with two attached hydrogens (primary N) is 1. The van der Waals surface area contributed by atoms with Crippen molar-refractivity contribution >= 4 is 17.0 Å². The van der Waals surface area contributed by atoms with Crippen molar-refractivity contribution in [1.82, 2.24) is 14.5 Å². The molecule has 2 atom stereocenters. The molecule has 186 valence electrons. The molecular formula is C24H24F4N4O3. The lowest BCUT2D eigenvalue weighted by atomic mass is 10.1. The number of alkyl halides is 2. The minimum atomic E-state index is -3.02. The summed E-state index contributed by atoms with van der Waals surface area (Å²) in [7, 11) is 0. The van der Waals surface area contributed by atoms with Crippen molar-refractivity contribution in [1.29, 1.82) is 0 Å². The molecule has 1 fully saturated rings. The highest BCUT2D eigenvalue weighted by Crippen LogP contribution is 2.34. The molecule has 0 aliphatic carbocycles. The Morgan fingerprint density at radius 2 is 1.91 bits per heavy atom. The molecule has 2 aromatic carbocycles. The lowest BCUT2D eigenvalue weighted by Gasteiger charge is -2.29. The maximum absolute atomic E-state index is 14.6. The first-order valence-electron chi connectivity index (χ1n) is 10.9. The molecule has 0 bridgehead atoms. The number of nitrogens with zero attached hydrogens (tertiary/aromatic N) is 3. The first-order valence-corrected chi connectivity index (χ1v) is 10.9. The van der Waals surface area contributed by atoms with Crippen molar-refractivity contribution in [2.75, 3.05) is 6.54 Å². The Kier molecular flexibility index (Phi) is 6.31. The Hall–Kier alpha value is -3.47. The van der Waals surface area contributed by atoms with Gasteiger partial charge in [-0.2, -0.15) is 0 Å². The van der Waals surface area contributed by atoms with Crippen LogP contribution in [0.25, 0.3) is 16.6 Å². The molecule has 0 spiro atoms. The van der Waals surface area contributed by atoms with Crippen molar-refractivity contribution in [2.45, 2.75) is 51.3 Å². The van der Waals surface area contributed by atoms with Gasteiger partial charge in [0.1, 0.15) is 28.4 Å². The second-order valence-corrected chi connectivity index (χ2v) is 9.43. The minimum Gasteiger partial charge on any atom is -0.444 e. The summed E-state index contributed by atoms with van der Waals surface area (Å²) < 4.78 is 62.1. The van der Waals surface area contributed by atoms with E-state index in [1.54, 1.807) is 20.8 Å². The van der Waals surface area contributed by atoms with E-state index in [4.69, 9.17) is 10.5 Å². The maximum Gasteiger partial charge on any atom is 0.410 e. The summed E-state index contributed by atoms with van der Waals surface area (Å²) >= 11 is 0. The number of aromatic nitrogens is 2. The van der Waals surface area contributed by atoms with Crippen molar-refractivity contribution in [3.8, 4) is 5.69 Å². The van der Waals surface area contributed by atoms with Crippen LogP contribution in [0.2, 0.25) is 0 Å². The molecule has 35 heavy (non-hydrogen) atoms. The molecule has 4 rings (SSSR count). The quantitative estimate of drug-likeness (QED) is 0.540. The van der Waals surface area contributed by atoms with Gasteiger partial charge in [-0.1, -0.05) is 6.07 Å². The number of hydrogen-bond acceptors (Lipinski definition) is 5. The molecule has 1 aromatic heterocycles. The predicted molar refractivity (Wildman–Crippen MR) is 120 cm³/mol. The average Bonchev–Trinajstić information content (AvgIpc) is 3.13. The van der Waals surface area contributed by atoms with Gasteiger partial charge in [-0.25, -0.2) is 27.3 Å². The minimum absolute atomic E-state index is 0.00338. The molecule has 2 heterocycles. The highest BCUT2D eigenvalue weighted by Gasteiger charge is 2.40. The van der Waals surface area contributed by atoms with Crippen molar-refractivity contribution in [3.63, 3.8) is 0 Å². The fraction of sp³-hybridized carbons (Fsp3) is 0.375. The molecule has 7 nitrogen and oxygen atoms in total. The molecule has 3 aromatic rings. The first kappa shape index (κ1) is 24.6. The number of ether oxygens (including phenoxy) is 1. The van der Waals surface area contributed by atoms with Gasteiger partial charge in [0, 0.05) is 18.2 Å². The maximum atomic E-state index is 14.6. The van der Waals surface area contributed by atoms with Crippen LogP contribution in [-0.2, 0) is 4.74 Å². The monoisotopic (exact) mass is 492 g/mol. The van der Waals surface area contributed by atoms with Crippen LogP contribution in [0.5, 0.6) is 0 Å². The number of halogens is 4. The average molecular weight is 492 g/mol. The summed E-state index contributed by atoms with van der Waals surface area (Å²) in [6, 6.07) is 4.86. The lowest BCUT2D eigenvalue weighted by Crippen LogP contribution is -2.39. The Labute approximate surface area is 198 Å². The second kappa shape index (κ2) is 8.95. The molecule has 2 unspecified atom stereocenters. The third-order valence-electron chi connectivity index (χ3n) is 5.55. The van der Waals surface area contributed by atoms with E-state index in [-0.39, 0.29) is 30.0 Å². The van der Waals surface area contributed by atoms with E-state index >= 15 is 0 Å². The third-order valence-corrected chi connectivity index (χ3v) is 5.55. The Bertz CT molecular complexity index is 1350. The Balaban J connectivity index is 1.99. The molecular weight excluding hydrogens is 468 g/mol. The van der Waals surface area contributed by atoms with Crippen LogP contribution in [0.3, 0.4) is 0 Å². The van der Waals surface area contributed by atoms with Crippen LogP contribution in [0.1, 0.15) is 51.0 Å². The summed E-state index contributed by atoms with van der Waals surface area (Å²) in [4.78, 5) is 32.2. The molecule has 2 N–H and O–H groups in total. The Morgan fingerprint density at radius 3 is 2.57 bits per heavy atom. The number of fused-ring (bicyclic) bond motifs is 1. The molecule has 1 saturated heterocycles. The standard InChI is InChI=1S/C24H24F4N4O3/c1-24(2,3)35-23(34)31-11-14(29)10-18(31)21-30-17-6-4-5-16(26)19(17)22(33)32(21)15-8-12(20(27)28)7-13(25)9-15/h4-9,14,18,20H,10-11,29H2,1-3H3. The molecule has 11 heteroatoms. The number of carbonyl (C=O) groups is 1. The van der Waals surface area contributed by atoms with Gasteiger partial charge in [0.15, 0.2) is 0 Å². The molecule has 0 saturated carbocycles. The summed E-state index contributed by atoms with van der Waals surface area (Å²) in [6.45, 7) is 5.12. The van der Waals surface area contributed by atoms with E-state index in [1.165, 1.54) is 17.0 Å². The van der Waals surface area contributed by atoms with Crippen LogP contribution >= 0.6 is 0 Å². The van der Waals surface area contributed by atoms with Crippen LogP contribution in [0, 0.1) is 11.6 Å². The normalized spacial score (nSPS) is 18.5. The number of amides is 1. The van der Waals surface area contributed by atoms with Gasteiger partial charge in [-0.3, -0.25) is 14.3 Å². The summed E-state index contributed by atoms with van der Waals surface area (Å²) in [6.07, 6.45) is -3.58. The summed E-state index contributed by atoms with van der Waals surface area (Å²) in [5.41, 5.74) is 3.41. The highest BCUT2D eigenvalue weighted by atomic mass is 19.3. The number of carbonyl (C=O) groups excluding carboxylic acids is 1. The smallest absolute Gasteiger partial charge is 0.410 e. The molecule has 1 aliphatic heterocycles. The van der Waals surface area contributed by atoms with E-state index < -0.39 is 58.3 Å². The van der Waals surface area contributed by atoms with Gasteiger partial charge >= 0.3 is 6.09 Å². The zero-order valence-electron chi connectivity index (χ0n) is 19.3. The van der Waals surface area contributed by atoms with Crippen molar-refractivity contribution < 1.29 is 27.1 Å². The molecule has 1 amide bonds. The fourth-order valence-corrected chi connectivity index (χ4v) is 4.17. The van der Waals surface area contributed by atoms with Crippen molar-refractivity contribution in [2.24, 2.45) is 5.73 Å². The third kappa shape index (κ3) is 4.86. The predicted octanol–water partition coefficient (Wildman–Crippen LogP) is 4.61. The van der Waals surface area contributed by atoms with E-state index in [1.807, 2.05) is 0 Å². The van der Waals surface area contributed by atoms with Gasteiger partial charge in [-0.05, 0) is 57.5 Å². The molecule has 1 aliphatic rings. The van der Waals surface area contributed by atoms with Crippen molar-refractivity contribution in [3.05, 3.63) is 69.8 Å².